The van der Waals surface area contributed by atoms with Gasteiger partial charge in [0.15, 0.2) is 0 Å². The fraction of sp³-hybridized carbons (Fsp3) is 0. The van der Waals surface area contributed by atoms with E-state index in [1.807, 2.05) is 0 Å². The third kappa shape index (κ3) is 5.29. The third-order valence-corrected chi connectivity index (χ3v) is 0.934. The summed E-state index contributed by atoms with van der Waals surface area (Å²) in [6, 6.07) is 0. The van der Waals surface area contributed by atoms with Gasteiger partial charge in [-0.25, -0.2) is 0 Å². The van der Waals surface area contributed by atoms with Gasteiger partial charge in [0.25, 0.3) is 11.6 Å². The van der Waals surface area contributed by atoms with Crippen LogP contribution in [0.4, 0.5) is 8.78 Å². The van der Waals surface area contributed by atoms with E-state index in [0.717, 1.165) is 0 Å². The summed E-state index contributed by atoms with van der Waals surface area (Å²) in [5.74, 6) is -3.41. The molecule has 0 saturated heterocycles. The molecule has 0 aliphatic heterocycles. The zero-order chi connectivity index (χ0) is 8.31. The molecule has 0 aliphatic carbocycles. The average Bonchev–Trinajstić information content (AvgIpc) is 1.84. The number of thiocarbonyl (C=S) groups is 2. The Morgan fingerprint density at radius 3 is 1.18 bits per heavy atom. The van der Waals surface area contributed by atoms with Gasteiger partial charge in [0.05, 0.1) is 0 Å². The van der Waals surface area contributed by atoms with Gasteiger partial charge in [-0.2, -0.15) is 8.78 Å². The number of hydrogen-bond donors (Lipinski definition) is 0. The van der Waals surface area contributed by atoms with Gasteiger partial charge in [0.1, 0.15) is 0 Å². The first-order valence-electron chi connectivity index (χ1n) is 1.94. The summed E-state index contributed by atoms with van der Waals surface area (Å²) in [5.41, 5.74) is 0. The molecule has 0 N–H and O–H groups in total. The SMILES string of the molecule is O=C(C(=O)C(F)=S)C(F)=S.[KH]. The molecule has 0 radical (unpaired) electrons. The fourth-order valence-corrected chi connectivity index (χ4v) is 0.364. The van der Waals surface area contributed by atoms with Crippen LogP contribution in [0.3, 0.4) is 0 Å². The zero-order valence-electron chi connectivity index (χ0n) is 4.39. The van der Waals surface area contributed by atoms with E-state index in [4.69, 9.17) is 0 Å². The van der Waals surface area contributed by atoms with Gasteiger partial charge in [-0.15, -0.1) is 0 Å². The summed E-state index contributed by atoms with van der Waals surface area (Å²) >= 11 is 7.30. The Morgan fingerprint density at radius 1 is 0.909 bits per heavy atom. The summed E-state index contributed by atoms with van der Waals surface area (Å²) in [7, 11) is 0. The molecule has 0 aromatic rings. The van der Waals surface area contributed by atoms with E-state index in [9.17, 15) is 18.4 Å². The molecular formula is C4HF2KO2S2. The van der Waals surface area contributed by atoms with Crippen LogP contribution in [0, 0.1) is 0 Å². The summed E-state index contributed by atoms with van der Waals surface area (Å²) in [4.78, 5) is 20.2. The monoisotopic (exact) mass is 222 g/mol. The number of carbonyl (C=O) groups excluding carboxylic acids is 2. The van der Waals surface area contributed by atoms with Crippen LogP contribution in [0.5, 0.6) is 0 Å². The van der Waals surface area contributed by atoms with Crippen LogP contribution in [0.25, 0.3) is 0 Å². The maximum absolute atomic E-state index is 11.6. The molecule has 0 aromatic heterocycles. The second-order valence-corrected chi connectivity index (χ2v) is 1.92. The van der Waals surface area contributed by atoms with E-state index in [1.54, 1.807) is 0 Å². The number of carbonyl (C=O) groups is 2. The molecule has 7 heteroatoms. The number of halogens is 2. The van der Waals surface area contributed by atoms with Crippen LogP contribution in [-0.4, -0.2) is 73.2 Å². The first-order chi connectivity index (χ1) is 4.46. The number of hydrogen-bond acceptors (Lipinski definition) is 4. The molecule has 11 heavy (non-hydrogen) atoms. The van der Waals surface area contributed by atoms with Gasteiger partial charge in [0, 0.05) is 0 Å². The zero-order valence-corrected chi connectivity index (χ0v) is 6.02. The molecule has 0 amide bonds. The molecule has 0 saturated carbocycles. The van der Waals surface area contributed by atoms with E-state index in [-0.39, 0.29) is 51.4 Å². The van der Waals surface area contributed by atoms with Crippen molar-refractivity contribution in [2.45, 2.75) is 0 Å². The molecule has 0 rings (SSSR count). The summed E-state index contributed by atoms with van der Waals surface area (Å²) in [5, 5.41) is -3.35. The van der Waals surface area contributed by atoms with Gasteiger partial charge in [-0.3, -0.25) is 9.59 Å². The second kappa shape index (κ2) is 6.52. The van der Waals surface area contributed by atoms with Crippen molar-refractivity contribution >= 4 is 97.6 Å². The van der Waals surface area contributed by atoms with Crippen LogP contribution in [0.1, 0.15) is 0 Å². The fourth-order valence-electron chi connectivity index (χ4n) is 0.179. The van der Waals surface area contributed by atoms with Crippen molar-refractivity contribution in [1.82, 2.24) is 0 Å². The van der Waals surface area contributed by atoms with Crippen molar-refractivity contribution in [2.24, 2.45) is 0 Å². The van der Waals surface area contributed by atoms with Crippen molar-refractivity contribution in [3.05, 3.63) is 0 Å². The standard InChI is InChI=1S/C4F2O2S2.K.H/c5-3(9)1(7)2(8)4(6)10;;. The summed E-state index contributed by atoms with van der Waals surface area (Å²) in [6.07, 6.45) is 0. The van der Waals surface area contributed by atoms with Gasteiger partial charge in [-0.1, -0.05) is 0 Å². The predicted molar refractivity (Wildman–Crippen MR) is 44.6 cm³/mol. The van der Waals surface area contributed by atoms with E-state index >= 15 is 0 Å². The molecule has 0 aliphatic rings. The Labute approximate surface area is 114 Å². The molecular weight excluding hydrogens is 221 g/mol. The summed E-state index contributed by atoms with van der Waals surface area (Å²) < 4.78 is 23.3. The number of Topliss-reactive ketones (excluding diaryl/α,β-unsaturated/α-hetero) is 2. The van der Waals surface area contributed by atoms with Crippen molar-refractivity contribution in [3.8, 4) is 0 Å². The van der Waals surface area contributed by atoms with Crippen LogP contribution in [-0.2, 0) is 9.59 Å². The molecule has 0 atom stereocenters. The minimum atomic E-state index is -1.71. The maximum atomic E-state index is 11.6. The van der Waals surface area contributed by atoms with E-state index in [0.29, 0.717) is 0 Å². The van der Waals surface area contributed by atoms with Gasteiger partial charge in [-0.05, 0) is 24.4 Å². The van der Waals surface area contributed by atoms with Crippen molar-refractivity contribution in [2.75, 3.05) is 0 Å². The molecule has 0 spiro atoms. The molecule has 56 valence electrons. The van der Waals surface area contributed by atoms with E-state index < -0.39 is 21.8 Å². The van der Waals surface area contributed by atoms with Crippen molar-refractivity contribution in [3.63, 3.8) is 0 Å². The quantitative estimate of drug-likeness (QED) is 0.293. The minimum absolute atomic E-state index is 0. The van der Waals surface area contributed by atoms with Crippen molar-refractivity contribution < 1.29 is 18.4 Å². The van der Waals surface area contributed by atoms with Gasteiger partial charge >= 0.3 is 51.4 Å². The molecule has 0 fully saturated rings. The third-order valence-electron chi connectivity index (χ3n) is 0.563. The van der Waals surface area contributed by atoms with E-state index in [2.05, 4.69) is 24.4 Å². The second-order valence-electron chi connectivity index (χ2n) is 1.21. The average molecular weight is 222 g/mol. The molecule has 0 heterocycles. The molecule has 0 unspecified atom stereocenters. The Bertz CT molecular complexity index is 204. The Morgan fingerprint density at radius 2 is 1.09 bits per heavy atom. The topological polar surface area (TPSA) is 34.1 Å². The summed E-state index contributed by atoms with van der Waals surface area (Å²) in [6.45, 7) is 0. The molecule has 2 nitrogen and oxygen atoms in total. The van der Waals surface area contributed by atoms with Gasteiger partial charge in [0.2, 0.25) is 10.2 Å². The molecule has 0 bridgehead atoms. The van der Waals surface area contributed by atoms with Gasteiger partial charge < -0.3 is 0 Å². The van der Waals surface area contributed by atoms with Crippen LogP contribution in [0.2, 0.25) is 0 Å². The number of rotatable bonds is 3. The first kappa shape index (κ1) is 14.5. The van der Waals surface area contributed by atoms with E-state index in [1.165, 1.54) is 0 Å². The molecule has 0 aromatic carbocycles. The van der Waals surface area contributed by atoms with Crippen molar-refractivity contribution in [1.29, 1.82) is 0 Å². The Hall–Kier alpha value is 1.02. The Balaban J connectivity index is 0. The number of ketones is 2. The first-order valence-corrected chi connectivity index (χ1v) is 2.76. The van der Waals surface area contributed by atoms with Crippen LogP contribution < -0.4 is 0 Å². The van der Waals surface area contributed by atoms with Crippen LogP contribution >= 0.6 is 24.4 Å². The Kier molecular flexibility index (Phi) is 8.62. The van der Waals surface area contributed by atoms with Crippen LogP contribution in [0.15, 0.2) is 0 Å². The predicted octanol–water partition coefficient (Wildman–Crippen LogP) is 0.0699. The normalized spacial score (nSPS) is 7.82.